The molecule has 1 aliphatic heterocycles. The minimum atomic E-state index is -0.164. The Hall–Kier alpha value is -1.95. The zero-order valence-electron chi connectivity index (χ0n) is 12.2. The van der Waals surface area contributed by atoms with Crippen molar-refractivity contribution in [2.75, 3.05) is 39.0 Å². The van der Waals surface area contributed by atoms with E-state index in [4.69, 9.17) is 0 Å². The van der Waals surface area contributed by atoms with Crippen LogP contribution >= 0.6 is 12.4 Å². The first-order valence-corrected chi connectivity index (χ1v) is 6.68. The van der Waals surface area contributed by atoms with Crippen LogP contribution in [0.15, 0.2) is 18.2 Å². The van der Waals surface area contributed by atoms with Crippen LogP contribution in [0.1, 0.15) is 15.9 Å². The number of nitrogens with zero attached hydrogens (tertiary/aromatic N) is 1. The van der Waals surface area contributed by atoms with E-state index in [0.717, 1.165) is 18.7 Å². The number of hydrogen-bond acceptors (Lipinski definition) is 3. The summed E-state index contributed by atoms with van der Waals surface area (Å²) in [5.41, 5.74) is 2.95. The first-order chi connectivity index (χ1) is 9.58. The average Bonchev–Trinajstić information content (AvgIpc) is 2.90. The summed E-state index contributed by atoms with van der Waals surface area (Å²) in [7, 11) is 3.35. The molecule has 0 bridgehead atoms. The Balaban J connectivity index is 0.00000220. The molecule has 116 valence electrons. The number of halogens is 1. The molecule has 0 aliphatic carbocycles. The molecule has 21 heavy (non-hydrogen) atoms. The van der Waals surface area contributed by atoms with Crippen molar-refractivity contribution in [3.63, 3.8) is 0 Å². The highest BCUT2D eigenvalue weighted by Crippen LogP contribution is 2.22. The van der Waals surface area contributed by atoms with Crippen molar-refractivity contribution in [1.29, 1.82) is 0 Å². The lowest BCUT2D eigenvalue weighted by Gasteiger charge is -2.12. The number of hydrogen-bond donors (Lipinski definition) is 3. The van der Waals surface area contributed by atoms with Gasteiger partial charge in [0, 0.05) is 45.0 Å². The van der Waals surface area contributed by atoms with Crippen molar-refractivity contribution < 1.29 is 9.59 Å². The smallest absolute Gasteiger partial charge is 0.316 e. The van der Waals surface area contributed by atoms with Crippen LogP contribution in [0.2, 0.25) is 0 Å². The van der Waals surface area contributed by atoms with E-state index in [1.165, 1.54) is 10.5 Å². The van der Waals surface area contributed by atoms with Gasteiger partial charge in [0.1, 0.15) is 0 Å². The van der Waals surface area contributed by atoms with Crippen molar-refractivity contribution in [2.45, 2.75) is 6.42 Å². The van der Waals surface area contributed by atoms with E-state index in [-0.39, 0.29) is 24.3 Å². The number of anilines is 1. The third kappa shape index (κ3) is 4.53. The van der Waals surface area contributed by atoms with Crippen molar-refractivity contribution in [3.05, 3.63) is 29.3 Å². The van der Waals surface area contributed by atoms with Crippen LogP contribution in [0, 0.1) is 0 Å². The number of amides is 3. The average molecular weight is 313 g/mol. The standard InChI is InChI=1S/C14H20N4O2.ClH/c1-18(2)14(20)17-8-7-16-13(19)11-3-4-12-10(9-11)5-6-15-12;/h3-4,9,15H,5-8H2,1-2H3,(H,16,19)(H,17,20);1H. The molecule has 1 heterocycles. The molecule has 2 rings (SSSR count). The number of fused-ring (bicyclic) bond motifs is 1. The summed E-state index contributed by atoms with van der Waals surface area (Å²) in [4.78, 5) is 24.7. The predicted molar refractivity (Wildman–Crippen MR) is 85.3 cm³/mol. The van der Waals surface area contributed by atoms with Gasteiger partial charge < -0.3 is 20.9 Å². The van der Waals surface area contributed by atoms with Gasteiger partial charge in [-0.3, -0.25) is 4.79 Å². The van der Waals surface area contributed by atoms with Gasteiger partial charge in [-0.05, 0) is 30.2 Å². The van der Waals surface area contributed by atoms with Crippen molar-refractivity contribution in [2.24, 2.45) is 0 Å². The Morgan fingerprint density at radius 1 is 1.24 bits per heavy atom. The Bertz CT molecular complexity index is 520. The molecule has 0 unspecified atom stereocenters. The van der Waals surface area contributed by atoms with Gasteiger partial charge in [0.2, 0.25) is 0 Å². The summed E-state index contributed by atoms with van der Waals surface area (Å²) < 4.78 is 0. The Labute approximate surface area is 130 Å². The third-order valence-electron chi connectivity index (χ3n) is 3.17. The van der Waals surface area contributed by atoms with E-state index >= 15 is 0 Å². The van der Waals surface area contributed by atoms with Gasteiger partial charge in [0.25, 0.3) is 5.91 Å². The zero-order chi connectivity index (χ0) is 14.5. The van der Waals surface area contributed by atoms with Crippen molar-refractivity contribution in [1.82, 2.24) is 15.5 Å². The minimum Gasteiger partial charge on any atom is -0.384 e. The maximum Gasteiger partial charge on any atom is 0.316 e. The Morgan fingerprint density at radius 2 is 1.95 bits per heavy atom. The lowest BCUT2D eigenvalue weighted by atomic mass is 10.1. The van der Waals surface area contributed by atoms with Gasteiger partial charge in [-0.1, -0.05) is 0 Å². The summed E-state index contributed by atoms with van der Waals surface area (Å²) in [5, 5.41) is 8.74. The summed E-state index contributed by atoms with van der Waals surface area (Å²) in [6.45, 7) is 1.75. The minimum absolute atomic E-state index is 0. The van der Waals surface area contributed by atoms with Gasteiger partial charge in [-0.25, -0.2) is 4.79 Å². The quantitative estimate of drug-likeness (QED) is 0.728. The number of nitrogens with one attached hydrogen (secondary N) is 3. The molecule has 3 amide bonds. The van der Waals surface area contributed by atoms with Crippen LogP contribution in [0.25, 0.3) is 0 Å². The molecular weight excluding hydrogens is 292 g/mol. The maximum atomic E-state index is 12.0. The maximum absolute atomic E-state index is 12.0. The first-order valence-electron chi connectivity index (χ1n) is 6.68. The Kier molecular flexibility index (Phi) is 6.30. The predicted octanol–water partition coefficient (Wildman–Crippen LogP) is 1.08. The van der Waals surface area contributed by atoms with E-state index in [9.17, 15) is 9.59 Å². The Morgan fingerprint density at radius 3 is 2.67 bits per heavy atom. The molecule has 0 fully saturated rings. The van der Waals surface area contributed by atoms with Crippen LogP contribution in [0.3, 0.4) is 0 Å². The summed E-state index contributed by atoms with van der Waals surface area (Å²) in [6.07, 6.45) is 0.954. The highest BCUT2D eigenvalue weighted by molar-refractivity contribution is 5.95. The number of benzene rings is 1. The number of urea groups is 1. The third-order valence-corrected chi connectivity index (χ3v) is 3.17. The number of carbonyl (C=O) groups is 2. The summed E-state index contributed by atoms with van der Waals surface area (Å²) in [6, 6.07) is 5.50. The second-order valence-corrected chi connectivity index (χ2v) is 4.93. The van der Waals surface area contributed by atoms with Crippen LogP contribution in [0.4, 0.5) is 10.5 Å². The van der Waals surface area contributed by atoms with E-state index in [2.05, 4.69) is 16.0 Å². The van der Waals surface area contributed by atoms with Crippen LogP contribution in [-0.2, 0) is 6.42 Å². The highest BCUT2D eigenvalue weighted by atomic mass is 35.5. The fraction of sp³-hybridized carbons (Fsp3) is 0.429. The topological polar surface area (TPSA) is 73.5 Å². The molecule has 0 spiro atoms. The molecular formula is C14H21ClN4O2. The van der Waals surface area contributed by atoms with Gasteiger partial charge in [-0.15, -0.1) is 12.4 Å². The molecule has 7 heteroatoms. The van der Waals surface area contributed by atoms with E-state index in [0.29, 0.717) is 18.7 Å². The van der Waals surface area contributed by atoms with Crippen molar-refractivity contribution >= 4 is 30.0 Å². The van der Waals surface area contributed by atoms with Crippen molar-refractivity contribution in [3.8, 4) is 0 Å². The van der Waals surface area contributed by atoms with E-state index < -0.39 is 0 Å². The first kappa shape index (κ1) is 17.1. The highest BCUT2D eigenvalue weighted by Gasteiger charge is 2.13. The molecule has 0 radical (unpaired) electrons. The molecule has 3 N–H and O–H groups in total. The molecule has 1 aromatic rings. The number of rotatable bonds is 4. The molecule has 1 aliphatic rings. The lowest BCUT2D eigenvalue weighted by Crippen LogP contribution is -2.39. The molecule has 6 nitrogen and oxygen atoms in total. The second kappa shape index (κ2) is 7.73. The van der Waals surface area contributed by atoms with Crippen LogP contribution < -0.4 is 16.0 Å². The SMILES string of the molecule is CN(C)C(=O)NCCNC(=O)c1ccc2c(c1)CCN2.Cl. The molecule has 0 saturated carbocycles. The number of carbonyl (C=O) groups excluding carboxylic acids is 2. The zero-order valence-corrected chi connectivity index (χ0v) is 13.0. The van der Waals surface area contributed by atoms with Gasteiger partial charge in [-0.2, -0.15) is 0 Å². The summed E-state index contributed by atoms with van der Waals surface area (Å²) in [5.74, 6) is -0.112. The second-order valence-electron chi connectivity index (χ2n) is 4.93. The van der Waals surface area contributed by atoms with Crippen LogP contribution in [0.5, 0.6) is 0 Å². The largest absolute Gasteiger partial charge is 0.384 e. The van der Waals surface area contributed by atoms with Gasteiger partial charge >= 0.3 is 6.03 Å². The van der Waals surface area contributed by atoms with E-state index in [1.807, 2.05) is 18.2 Å². The van der Waals surface area contributed by atoms with E-state index in [1.54, 1.807) is 14.1 Å². The van der Waals surface area contributed by atoms with Gasteiger partial charge in [0.15, 0.2) is 0 Å². The van der Waals surface area contributed by atoms with Crippen LogP contribution in [-0.4, -0.2) is 50.6 Å². The monoisotopic (exact) mass is 312 g/mol. The normalized spacial score (nSPS) is 11.7. The molecule has 0 atom stereocenters. The lowest BCUT2D eigenvalue weighted by molar-refractivity contribution is 0.0953. The summed E-state index contributed by atoms with van der Waals surface area (Å²) >= 11 is 0. The fourth-order valence-corrected chi connectivity index (χ4v) is 2.05. The molecule has 0 saturated heterocycles. The molecule has 0 aromatic heterocycles. The fourth-order valence-electron chi connectivity index (χ4n) is 2.05. The van der Waals surface area contributed by atoms with Gasteiger partial charge in [0.05, 0.1) is 0 Å². The molecule has 1 aromatic carbocycles.